The largest absolute Gasteiger partial charge is 0.0649 e. The van der Waals surface area contributed by atoms with Crippen molar-refractivity contribution in [1.82, 2.24) is 0 Å². The summed E-state index contributed by atoms with van der Waals surface area (Å²) in [5.41, 5.74) is 0.679. The van der Waals surface area contributed by atoms with Crippen LogP contribution in [0.5, 0.6) is 0 Å². The van der Waals surface area contributed by atoms with Crippen molar-refractivity contribution in [3.05, 3.63) is 0 Å². The molecule has 0 heteroatoms. The molecular formula is C10H20. The van der Waals surface area contributed by atoms with E-state index in [0.29, 0.717) is 5.41 Å². The fourth-order valence-electron chi connectivity index (χ4n) is 2.33. The van der Waals surface area contributed by atoms with Crippen molar-refractivity contribution in [2.24, 2.45) is 17.3 Å². The molecule has 0 bridgehead atoms. The summed E-state index contributed by atoms with van der Waals surface area (Å²) in [5.74, 6) is 1.93. The predicted molar refractivity (Wildman–Crippen MR) is 46.0 cm³/mol. The van der Waals surface area contributed by atoms with Gasteiger partial charge in [0.25, 0.3) is 0 Å². The Morgan fingerprint density at radius 2 is 1.60 bits per heavy atom. The van der Waals surface area contributed by atoms with Gasteiger partial charge < -0.3 is 0 Å². The van der Waals surface area contributed by atoms with E-state index < -0.39 is 0 Å². The minimum atomic E-state index is 0.679. The number of hydrogen-bond donors (Lipinski definition) is 0. The van der Waals surface area contributed by atoms with Gasteiger partial charge in [-0.2, -0.15) is 0 Å². The van der Waals surface area contributed by atoms with Gasteiger partial charge in [0.15, 0.2) is 0 Å². The third-order valence-corrected chi connectivity index (χ3v) is 3.45. The van der Waals surface area contributed by atoms with Gasteiger partial charge in [0.1, 0.15) is 0 Å². The van der Waals surface area contributed by atoms with E-state index in [4.69, 9.17) is 0 Å². The molecule has 0 nitrogen and oxygen atoms in total. The molecule has 3 atom stereocenters. The summed E-state index contributed by atoms with van der Waals surface area (Å²) in [6, 6.07) is 0. The normalized spacial score (nSPS) is 48.0. The third kappa shape index (κ3) is 1.36. The fraction of sp³-hybridized carbons (Fsp3) is 1.00. The van der Waals surface area contributed by atoms with Gasteiger partial charge in [0, 0.05) is 0 Å². The highest BCUT2D eigenvalue weighted by Crippen LogP contribution is 2.46. The first-order valence-electron chi connectivity index (χ1n) is 4.57. The standard InChI is InChI=1S/C10H20/c1-5-10(4)6-8(2)9(3)7-10/h8-9H,5-7H2,1-4H3/t8-,9+,10?. The maximum absolute atomic E-state index is 2.44. The molecule has 1 unspecified atom stereocenters. The first kappa shape index (κ1) is 8.10. The second-order valence-corrected chi connectivity index (χ2v) is 4.53. The molecule has 0 aromatic heterocycles. The molecule has 0 spiro atoms. The zero-order valence-electron chi connectivity index (χ0n) is 7.78. The Balaban J connectivity index is 2.55. The van der Waals surface area contributed by atoms with Crippen LogP contribution in [0, 0.1) is 17.3 Å². The van der Waals surface area contributed by atoms with Crippen molar-refractivity contribution in [2.45, 2.75) is 47.0 Å². The Labute approximate surface area is 65.0 Å². The zero-order valence-corrected chi connectivity index (χ0v) is 7.78. The molecule has 0 aliphatic heterocycles. The van der Waals surface area contributed by atoms with E-state index in [2.05, 4.69) is 27.7 Å². The lowest BCUT2D eigenvalue weighted by atomic mass is 9.85. The Morgan fingerprint density at radius 1 is 1.20 bits per heavy atom. The Morgan fingerprint density at radius 3 is 1.80 bits per heavy atom. The molecule has 1 aliphatic carbocycles. The van der Waals surface area contributed by atoms with Gasteiger partial charge in [-0.1, -0.05) is 34.1 Å². The summed E-state index contributed by atoms with van der Waals surface area (Å²) in [6.45, 7) is 9.55. The van der Waals surface area contributed by atoms with Gasteiger partial charge in [-0.15, -0.1) is 0 Å². The average Bonchev–Trinajstić information content (AvgIpc) is 2.10. The first-order chi connectivity index (χ1) is 4.57. The molecule has 0 heterocycles. The van der Waals surface area contributed by atoms with Crippen molar-refractivity contribution in [1.29, 1.82) is 0 Å². The average molecular weight is 140 g/mol. The van der Waals surface area contributed by atoms with Gasteiger partial charge >= 0.3 is 0 Å². The van der Waals surface area contributed by atoms with Crippen LogP contribution in [-0.4, -0.2) is 0 Å². The van der Waals surface area contributed by atoms with Crippen LogP contribution < -0.4 is 0 Å². The summed E-state index contributed by atoms with van der Waals surface area (Å²) in [5, 5.41) is 0. The van der Waals surface area contributed by atoms with Crippen LogP contribution in [0.2, 0.25) is 0 Å². The van der Waals surface area contributed by atoms with E-state index in [-0.39, 0.29) is 0 Å². The lowest BCUT2D eigenvalue weighted by Crippen LogP contribution is -2.09. The summed E-state index contributed by atoms with van der Waals surface area (Å²) < 4.78 is 0. The summed E-state index contributed by atoms with van der Waals surface area (Å²) >= 11 is 0. The van der Waals surface area contributed by atoms with Crippen molar-refractivity contribution < 1.29 is 0 Å². The minimum Gasteiger partial charge on any atom is -0.0649 e. The molecule has 0 saturated heterocycles. The van der Waals surface area contributed by atoms with Gasteiger partial charge in [-0.05, 0) is 30.1 Å². The van der Waals surface area contributed by atoms with Gasteiger partial charge in [0.2, 0.25) is 0 Å². The molecule has 0 N–H and O–H groups in total. The second-order valence-electron chi connectivity index (χ2n) is 4.53. The van der Waals surface area contributed by atoms with Crippen molar-refractivity contribution in [2.75, 3.05) is 0 Å². The molecule has 1 saturated carbocycles. The highest BCUT2D eigenvalue weighted by atomic mass is 14.4. The van der Waals surface area contributed by atoms with Gasteiger partial charge in [-0.3, -0.25) is 0 Å². The highest BCUT2D eigenvalue weighted by molar-refractivity contribution is 4.86. The molecule has 0 aromatic carbocycles. The summed E-state index contributed by atoms with van der Waals surface area (Å²) in [6.07, 6.45) is 4.26. The van der Waals surface area contributed by atoms with Crippen LogP contribution in [0.25, 0.3) is 0 Å². The summed E-state index contributed by atoms with van der Waals surface area (Å²) in [4.78, 5) is 0. The molecule has 1 fully saturated rings. The fourth-order valence-corrected chi connectivity index (χ4v) is 2.33. The van der Waals surface area contributed by atoms with Crippen LogP contribution in [0.15, 0.2) is 0 Å². The van der Waals surface area contributed by atoms with Crippen LogP contribution in [-0.2, 0) is 0 Å². The quantitative estimate of drug-likeness (QED) is 0.523. The first-order valence-corrected chi connectivity index (χ1v) is 4.57. The third-order valence-electron chi connectivity index (χ3n) is 3.45. The molecule has 1 rings (SSSR count). The van der Waals surface area contributed by atoms with E-state index in [1.807, 2.05) is 0 Å². The minimum absolute atomic E-state index is 0.679. The molecule has 10 heavy (non-hydrogen) atoms. The zero-order chi connectivity index (χ0) is 7.78. The molecule has 60 valence electrons. The van der Waals surface area contributed by atoms with E-state index in [1.54, 1.807) is 0 Å². The molecule has 0 radical (unpaired) electrons. The van der Waals surface area contributed by atoms with Crippen LogP contribution in [0.4, 0.5) is 0 Å². The lowest BCUT2D eigenvalue weighted by molar-refractivity contribution is 0.308. The Hall–Kier alpha value is 0. The van der Waals surface area contributed by atoms with Crippen molar-refractivity contribution in [3.8, 4) is 0 Å². The van der Waals surface area contributed by atoms with Gasteiger partial charge in [-0.25, -0.2) is 0 Å². The SMILES string of the molecule is CCC1(C)C[C@@H](C)[C@@H](C)C1. The summed E-state index contributed by atoms with van der Waals surface area (Å²) in [7, 11) is 0. The molecule has 0 aromatic rings. The Bertz CT molecular complexity index is 105. The smallest absolute Gasteiger partial charge is 0.0323 e. The highest BCUT2D eigenvalue weighted by Gasteiger charge is 2.35. The Kier molecular flexibility index (Phi) is 2.07. The monoisotopic (exact) mass is 140 g/mol. The van der Waals surface area contributed by atoms with Crippen LogP contribution in [0.3, 0.4) is 0 Å². The number of rotatable bonds is 1. The van der Waals surface area contributed by atoms with Crippen LogP contribution in [0.1, 0.15) is 47.0 Å². The second kappa shape index (κ2) is 2.56. The van der Waals surface area contributed by atoms with E-state index in [1.165, 1.54) is 19.3 Å². The van der Waals surface area contributed by atoms with Crippen molar-refractivity contribution in [3.63, 3.8) is 0 Å². The van der Waals surface area contributed by atoms with Gasteiger partial charge in [0.05, 0.1) is 0 Å². The lowest BCUT2D eigenvalue weighted by Gasteiger charge is -2.21. The van der Waals surface area contributed by atoms with E-state index in [0.717, 1.165) is 11.8 Å². The van der Waals surface area contributed by atoms with E-state index in [9.17, 15) is 0 Å². The molecule has 1 aliphatic rings. The topological polar surface area (TPSA) is 0 Å². The predicted octanol–water partition coefficient (Wildman–Crippen LogP) is 3.47. The van der Waals surface area contributed by atoms with E-state index >= 15 is 0 Å². The van der Waals surface area contributed by atoms with Crippen LogP contribution >= 0.6 is 0 Å². The maximum atomic E-state index is 2.44. The molecule has 0 amide bonds. The maximum Gasteiger partial charge on any atom is -0.0323 e. The molecular weight excluding hydrogens is 120 g/mol. The number of hydrogen-bond acceptors (Lipinski definition) is 0. The van der Waals surface area contributed by atoms with Crippen molar-refractivity contribution >= 4 is 0 Å².